The molecule has 0 aromatic carbocycles. The van der Waals surface area contributed by atoms with E-state index >= 15 is 0 Å². The molecule has 0 N–H and O–H groups in total. The second kappa shape index (κ2) is 5.59. The highest BCUT2D eigenvalue weighted by Gasteiger charge is 2.35. The molecule has 0 aliphatic carbocycles. The van der Waals surface area contributed by atoms with Gasteiger partial charge in [-0.1, -0.05) is 24.2 Å². The van der Waals surface area contributed by atoms with Gasteiger partial charge in [0, 0.05) is 24.1 Å². The van der Waals surface area contributed by atoms with Crippen LogP contribution in [0, 0.1) is 13.8 Å². The van der Waals surface area contributed by atoms with Crippen LogP contribution in [0.2, 0.25) is 0 Å². The van der Waals surface area contributed by atoms with Crippen molar-refractivity contribution in [1.82, 2.24) is 15.2 Å². The van der Waals surface area contributed by atoms with Crippen LogP contribution in [0.15, 0.2) is 15.1 Å². The van der Waals surface area contributed by atoms with Crippen molar-refractivity contribution in [3.63, 3.8) is 0 Å². The highest BCUT2D eigenvalue weighted by Crippen LogP contribution is 2.36. The number of nitrogens with zero attached hydrogens (tertiary/aromatic N) is 3. The van der Waals surface area contributed by atoms with Crippen LogP contribution in [0.3, 0.4) is 0 Å². The molecule has 1 saturated heterocycles. The number of hydrogen-bond donors (Lipinski definition) is 0. The normalized spacial score (nSPS) is 18.4. The molecule has 0 unspecified atom stereocenters. The lowest BCUT2D eigenvalue weighted by molar-refractivity contribution is 0.0724. The van der Waals surface area contributed by atoms with E-state index in [-0.39, 0.29) is 17.9 Å². The van der Waals surface area contributed by atoms with Gasteiger partial charge in [0.15, 0.2) is 5.69 Å². The number of carbonyl (C=O) groups is 1. The van der Waals surface area contributed by atoms with Crippen molar-refractivity contribution in [2.45, 2.75) is 52.5 Å². The predicted octanol–water partition coefficient (Wildman–Crippen LogP) is 3.38. The second-order valence-electron chi connectivity index (χ2n) is 6.16. The third kappa shape index (κ3) is 2.42. The molecule has 0 spiro atoms. The van der Waals surface area contributed by atoms with E-state index in [0.717, 1.165) is 42.2 Å². The summed E-state index contributed by atoms with van der Waals surface area (Å²) in [6.45, 7) is 8.55. The molecule has 6 nitrogen and oxygen atoms in total. The molecule has 1 aliphatic rings. The molecule has 118 valence electrons. The molecule has 3 rings (SSSR count). The Morgan fingerprint density at radius 3 is 2.68 bits per heavy atom. The average molecular weight is 303 g/mol. The Morgan fingerprint density at radius 2 is 2.09 bits per heavy atom. The minimum Gasteiger partial charge on any atom is -0.361 e. The fraction of sp³-hybridized carbons (Fsp3) is 0.562. The summed E-state index contributed by atoms with van der Waals surface area (Å²) in [5, 5.41) is 7.94. The molecule has 0 saturated carbocycles. The second-order valence-corrected chi connectivity index (χ2v) is 6.16. The van der Waals surface area contributed by atoms with Crippen LogP contribution in [0.1, 0.15) is 71.9 Å². The van der Waals surface area contributed by atoms with E-state index < -0.39 is 0 Å². The van der Waals surface area contributed by atoms with Gasteiger partial charge in [0.2, 0.25) is 0 Å². The van der Waals surface area contributed by atoms with Gasteiger partial charge in [-0.3, -0.25) is 4.79 Å². The smallest absolute Gasteiger partial charge is 0.276 e. The minimum absolute atomic E-state index is 0.0120. The van der Waals surface area contributed by atoms with E-state index in [2.05, 4.69) is 10.3 Å². The number of aryl methyl sites for hydroxylation is 2. The molecule has 0 radical (unpaired) electrons. The summed E-state index contributed by atoms with van der Waals surface area (Å²) < 4.78 is 10.5. The molecule has 22 heavy (non-hydrogen) atoms. The molecule has 1 atom stereocenters. The fourth-order valence-electron chi connectivity index (χ4n) is 3.09. The quantitative estimate of drug-likeness (QED) is 0.869. The predicted molar refractivity (Wildman–Crippen MR) is 79.6 cm³/mol. The summed E-state index contributed by atoms with van der Waals surface area (Å²) >= 11 is 0. The van der Waals surface area contributed by atoms with Gasteiger partial charge in [-0.2, -0.15) is 0 Å². The highest BCUT2D eigenvalue weighted by molar-refractivity contribution is 5.92. The van der Waals surface area contributed by atoms with Crippen LogP contribution in [-0.4, -0.2) is 27.7 Å². The first-order chi connectivity index (χ1) is 10.5. The third-order valence-electron chi connectivity index (χ3n) is 4.25. The SMILES string of the molecule is Cc1noc(C)c1[C@H]1CCCN1C(=O)c1cc(C(C)C)on1. The van der Waals surface area contributed by atoms with Gasteiger partial charge >= 0.3 is 0 Å². The topological polar surface area (TPSA) is 72.4 Å². The van der Waals surface area contributed by atoms with Gasteiger partial charge in [-0.25, -0.2) is 0 Å². The van der Waals surface area contributed by atoms with Gasteiger partial charge in [0.25, 0.3) is 5.91 Å². The first kappa shape index (κ1) is 14.8. The lowest BCUT2D eigenvalue weighted by Crippen LogP contribution is -2.31. The molecule has 1 aliphatic heterocycles. The molecule has 1 fully saturated rings. The summed E-state index contributed by atoms with van der Waals surface area (Å²) in [7, 11) is 0. The van der Waals surface area contributed by atoms with Crippen LogP contribution in [-0.2, 0) is 0 Å². The number of rotatable bonds is 3. The van der Waals surface area contributed by atoms with Gasteiger partial charge in [0.05, 0.1) is 11.7 Å². The highest BCUT2D eigenvalue weighted by atomic mass is 16.5. The zero-order valence-electron chi connectivity index (χ0n) is 13.4. The number of aromatic nitrogens is 2. The van der Waals surface area contributed by atoms with Crippen LogP contribution in [0.4, 0.5) is 0 Å². The van der Waals surface area contributed by atoms with Crippen molar-refractivity contribution >= 4 is 5.91 Å². The fourth-order valence-corrected chi connectivity index (χ4v) is 3.09. The molecule has 0 bridgehead atoms. The Morgan fingerprint density at radius 1 is 1.32 bits per heavy atom. The largest absolute Gasteiger partial charge is 0.361 e. The Hall–Kier alpha value is -2.11. The molecule has 3 heterocycles. The Bertz CT molecular complexity index is 667. The first-order valence-electron chi connectivity index (χ1n) is 7.69. The van der Waals surface area contributed by atoms with Crippen molar-refractivity contribution in [3.8, 4) is 0 Å². The number of amides is 1. The first-order valence-corrected chi connectivity index (χ1v) is 7.69. The Labute approximate surface area is 129 Å². The Balaban J connectivity index is 1.88. The molecular weight excluding hydrogens is 282 g/mol. The number of carbonyl (C=O) groups excluding carboxylic acids is 1. The maximum absolute atomic E-state index is 12.8. The van der Waals surface area contributed by atoms with E-state index in [1.165, 1.54) is 0 Å². The van der Waals surface area contributed by atoms with Crippen molar-refractivity contribution < 1.29 is 13.8 Å². The van der Waals surface area contributed by atoms with E-state index in [9.17, 15) is 4.79 Å². The van der Waals surface area contributed by atoms with Gasteiger partial charge < -0.3 is 13.9 Å². The van der Waals surface area contributed by atoms with Gasteiger partial charge in [-0.15, -0.1) is 0 Å². The van der Waals surface area contributed by atoms with E-state index in [0.29, 0.717) is 5.69 Å². The van der Waals surface area contributed by atoms with Crippen molar-refractivity contribution in [2.75, 3.05) is 6.54 Å². The molecule has 2 aromatic heterocycles. The average Bonchev–Trinajstić information content (AvgIpc) is 3.18. The Kier molecular flexibility index (Phi) is 3.76. The van der Waals surface area contributed by atoms with Gasteiger partial charge in [0.1, 0.15) is 11.5 Å². The third-order valence-corrected chi connectivity index (χ3v) is 4.25. The zero-order chi connectivity index (χ0) is 15.9. The summed E-state index contributed by atoms with van der Waals surface area (Å²) in [6, 6.07) is 1.76. The van der Waals surface area contributed by atoms with Crippen molar-refractivity contribution in [2.24, 2.45) is 0 Å². The van der Waals surface area contributed by atoms with Crippen LogP contribution in [0.5, 0.6) is 0 Å². The summed E-state index contributed by atoms with van der Waals surface area (Å²) in [4.78, 5) is 14.6. The summed E-state index contributed by atoms with van der Waals surface area (Å²) in [6.07, 6.45) is 1.89. The number of hydrogen-bond acceptors (Lipinski definition) is 5. The standard InChI is InChI=1S/C16H21N3O3/c1-9(2)14-8-12(18-22-14)16(20)19-7-5-6-13(19)15-10(3)17-21-11(15)4/h8-9,13H,5-7H2,1-4H3/t13-/m1/s1. The van der Waals surface area contributed by atoms with Crippen LogP contribution < -0.4 is 0 Å². The lowest BCUT2D eigenvalue weighted by Gasteiger charge is -2.23. The molecule has 1 amide bonds. The number of likely N-dealkylation sites (tertiary alicyclic amines) is 1. The van der Waals surface area contributed by atoms with Crippen molar-refractivity contribution in [3.05, 3.63) is 34.5 Å². The van der Waals surface area contributed by atoms with E-state index in [1.54, 1.807) is 6.07 Å². The van der Waals surface area contributed by atoms with Gasteiger partial charge in [-0.05, 0) is 26.7 Å². The molecule has 6 heteroatoms. The molecule has 2 aromatic rings. The minimum atomic E-state index is -0.0850. The maximum atomic E-state index is 12.8. The molecular formula is C16H21N3O3. The maximum Gasteiger partial charge on any atom is 0.276 e. The van der Waals surface area contributed by atoms with Crippen molar-refractivity contribution in [1.29, 1.82) is 0 Å². The zero-order valence-corrected chi connectivity index (χ0v) is 13.4. The van der Waals surface area contributed by atoms with E-state index in [1.807, 2.05) is 32.6 Å². The van der Waals surface area contributed by atoms with Crippen LogP contribution in [0.25, 0.3) is 0 Å². The van der Waals surface area contributed by atoms with E-state index in [4.69, 9.17) is 9.05 Å². The summed E-state index contributed by atoms with van der Waals surface area (Å²) in [5.41, 5.74) is 2.26. The monoisotopic (exact) mass is 303 g/mol. The van der Waals surface area contributed by atoms with Crippen LogP contribution >= 0.6 is 0 Å². The lowest BCUT2D eigenvalue weighted by atomic mass is 10.0. The summed E-state index contributed by atoms with van der Waals surface area (Å²) in [5.74, 6) is 1.64.